The molecule has 2 aromatic heterocycles. The normalized spacial score (nSPS) is 14.0. The fourth-order valence-corrected chi connectivity index (χ4v) is 4.18. The largest absolute Gasteiger partial charge is 0.331 e. The summed E-state index contributed by atoms with van der Waals surface area (Å²) in [5.41, 5.74) is 1.44. The molecule has 2 heterocycles. The summed E-state index contributed by atoms with van der Waals surface area (Å²) in [5.74, 6) is -0.375. The molecule has 4 rings (SSSR count). The molecule has 0 unspecified atom stereocenters. The van der Waals surface area contributed by atoms with Gasteiger partial charge < -0.3 is 9.47 Å². The molecule has 0 radical (unpaired) electrons. The zero-order valence-corrected chi connectivity index (χ0v) is 15.3. The number of nitrogens with zero attached hydrogens (tertiary/aromatic N) is 3. The Kier molecular flexibility index (Phi) is 4.11. The maximum atomic E-state index is 13.2. The van der Waals surface area contributed by atoms with Crippen LogP contribution in [-0.2, 0) is 13.6 Å². The monoisotopic (exact) mass is 371 g/mol. The van der Waals surface area contributed by atoms with E-state index < -0.39 is 0 Å². The fraction of sp³-hybridized carbons (Fsp3) is 0.316. The Bertz CT molecular complexity index is 1050. The first-order valence-corrected chi connectivity index (χ1v) is 9.27. The van der Waals surface area contributed by atoms with E-state index in [1.54, 1.807) is 26.1 Å². The van der Waals surface area contributed by atoms with E-state index in [2.05, 4.69) is 4.98 Å². The molecule has 1 aliphatic carbocycles. The second-order valence-electron chi connectivity index (χ2n) is 6.69. The van der Waals surface area contributed by atoms with Gasteiger partial charge in [-0.2, -0.15) is 0 Å². The van der Waals surface area contributed by atoms with Gasteiger partial charge in [-0.1, -0.05) is 12.1 Å². The number of thiophene rings is 1. The summed E-state index contributed by atoms with van der Waals surface area (Å²) in [6.07, 6.45) is 3.42. The molecule has 0 spiro atoms. The quantitative estimate of drug-likeness (QED) is 0.707. The van der Waals surface area contributed by atoms with E-state index >= 15 is 0 Å². The van der Waals surface area contributed by atoms with Gasteiger partial charge in [-0.15, -0.1) is 11.3 Å². The molecular weight excluding hydrogens is 353 g/mol. The number of aromatic nitrogens is 2. The molecule has 7 heteroatoms. The van der Waals surface area contributed by atoms with Crippen LogP contribution in [0.5, 0.6) is 0 Å². The molecule has 5 nitrogen and oxygen atoms in total. The highest BCUT2D eigenvalue weighted by atomic mass is 32.1. The second kappa shape index (κ2) is 6.32. The van der Waals surface area contributed by atoms with Gasteiger partial charge in [0, 0.05) is 19.6 Å². The zero-order chi connectivity index (χ0) is 18.4. The topological polar surface area (TPSA) is 55.2 Å². The Labute approximate surface area is 153 Å². The number of amides is 1. The van der Waals surface area contributed by atoms with Crippen LogP contribution in [0.1, 0.15) is 33.6 Å². The second-order valence-corrected chi connectivity index (χ2v) is 7.69. The number of rotatable bonds is 4. The minimum absolute atomic E-state index is 0.0839. The van der Waals surface area contributed by atoms with Crippen molar-refractivity contribution in [3.05, 3.63) is 62.8 Å². The highest BCUT2D eigenvalue weighted by molar-refractivity contribution is 7.20. The third kappa shape index (κ3) is 2.92. The van der Waals surface area contributed by atoms with Crippen LogP contribution in [0.25, 0.3) is 10.2 Å². The van der Waals surface area contributed by atoms with Crippen LogP contribution in [0.2, 0.25) is 0 Å². The number of hydrogen-bond donors (Lipinski definition) is 0. The number of carbonyl (C=O) groups is 1. The number of hydrogen-bond acceptors (Lipinski definition) is 4. The number of carbonyl (C=O) groups excluding carboxylic acids is 1. The van der Waals surface area contributed by atoms with Crippen LogP contribution in [0.15, 0.2) is 35.4 Å². The molecule has 1 aliphatic rings. The van der Waals surface area contributed by atoms with Crippen LogP contribution in [0.3, 0.4) is 0 Å². The van der Waals surface area contributed by atoms with Crippen molar-refractivity contribution in [1.29, 1.82) is 0 Å². The van der Waals surface area contributed by atoms with Gasteiger partial charge in [-0.3, -0.25) is 9.59 Å². The molecule has 0 bridgehead atoms. The van der Waals surface area contributed by atoms with Crippen molar-refractivity contribution in [3.8, 4) is 0 Å². The molecule has 0 N–H and O–H groups in total. The predicted molar refractivity (Wildman–Crippen MR) is 98.9 cm³/mol. The number of benzene rings is 1. The third-order valence-corrected chi connectivity index (χ3v) is 5.91. The molecule has 3 aromatic rings. The summed E-state index contributed by atoms with van der Waals surface area (Å²) in [6.45, 7) is 2.24. The van der Waals surface area contributed by atoms with E-state index in [1.165, 1.54) is 34.4 Å². The molecule has 1 fully saturated rings. The molecular formula is C19H18FN3O2S. The van der Waals surface area contributed by atoms with Crippen LogP contribution >= 0.6 is 11.3 Å². The zero-order valence-electron chi connectivity index (χ0n) is 14.5. The van der Waals surface area contributed by atoms with Gasteiger partial charge in [0.05, 0.1) is 16.6 Å². The molecule has 1 amide bonds. The summed E-state index contributed by atoms with van der Waals surface area (Å²) in [6, 6.07) is 6.42. The summed E-state index contributed by atoms with van der Waals surface area (Å²) < 4.78 is 14.6. The smallest absolute Gasteiger partial charge is 0.264 e. The first-order valence-electron chi connectivity index (χ1n) is 8.46. The standard InChI is InChI=1S/C19H18FN3O2S/c1-11-15-17(21-10-22(2)18(15)24)26-16(11)19(25)23(14-7-8-14)9-12-3-5-13(20)6-4-12/h3-6,10,14H,7-9H2,1-2H3. The third-order valence-electron chi connectivity index (χ3n) is 4.72. The molecule has 0 saturated heterocycles. The van der Waals surface area contributed by atoms with Crippen LogP contribution in [0.4, 0.5) is 4.39 Å². The summed E-state index contributed by atoms with van der Waals surface area (Å²) in [5, 5.41) is 0.515. The van der Waals surface area contributed by atoms with E-state index in [0.29, 0.717) is 27.2 Å². The van der Waals surface area contributed by atoms with Gasteiger partial charge in [0.15, 0.2) is 0 Å². The van der Waals surface area contributed by atoms with Crippen molar-refractivity contribution in [2.75, 3.05) is 0 Å². The lowest BCUT2D eigenvalue weighted by Crippen LogP contribution is -2.32. The first-order chi connectivity index (χ1) is 12.5. The molecule has 134 valence electrons. The first kappa shape index (κ1) is 16.9. The van der Waals surface area contributed by atoms with Crippen LogP contribution < -0.4 is 5.56 Å². The predicted octanol–water partition coefficient (Wildman–Crippen LogP) is 3.25. The molecule has 1 saturated carbocycles. The average Bonchev–Trinajstić information content (AvgIpc) is 3.41. The lowest BCUT2D eigenvalue weighted by atomic mass is 10.1. The van der Waals surface area contributed by atoms with E-state index in [-0.39, 0.29) is 23.3 Å². The number of halogens is 1. The Morgan fingerprint density at radius 2 is 2.04 bits per heavy atom. The summed E-state index contributed by atoms with van der Waals surface area (Å²) in [7, 11) is 1.65. The molecule has 0 aliphatic heterocycles. The Morgan fingerprint density at radius 1 is 1.35 bits per heavy atom. The van der Waals surface area contributed by atoms with E-state index in [9.17, 15) is 14.0 Å². The lowest BCUT2D eigenvalue weighted by molar-refractivity contribution is 0.0734. The lowest BCUT2D eigenvalue weighted by Gasteiger charge is -2.22. The minimum Gasteiger partial charge on any atom is -0.331 e. The van der Waals surface area contributed by atoms with Crippen LogP contribution in [0, 0.1) is 12.7 Å². The Morgan fingerprint density at radius 3 is 2.69 bits per heavy atom. The van der Waals surface area contributed by atoms with Gasteiger partial charge in [-0.25, -0.2) is 9.37 Å². The number of fused-ring (bicyclic) bond motifs is 1. The van der Waals surface area contributed by atoms with Crippen molar-refractivity contribution >= 4 is 27.5 Å². The Balaban J connectivity index is 1.71. The fourth-order valence-electron chi connectivity index (χ4n) is 3.08. The maximum Gasteiger partial charge on any atom is 0.264 e. The number of aryl methyl sites for hydroxylation is 2. The average molecular weight is 371 g/mol. The highest BCUT2D eigenvalue weighted by Crippen LogP contribution is 2.34. The Hall–Kier alpha value is -2.54. The van der Waals surface area contributed by atoms with Gasteiger partial charge in [0.1, 0.15) is 10.6 Å². The van der Waals surface area contributed by atoms with Crippen molar-refractivity contribution < 1.29 is 9.18 Å². The maximum absolute atomic E-state index is 13.2. The van der Waals surface area contributed by atoms with E-state index in [0.717, 1.165) is 18.4 Å². The van der Waals surface area contributed by atoms with Crippen LogP contribution in [-0.4, -0.2) is 26.4 Å². The highest BCUT2D eigenvalue weighted by Gasteiger charge is 2.35. The van der Waals surface area contributed by atoms with Gasteiger partial charge in [-0.05, 0) is 43.0 Å². The van der Waals surface area contributed by atoms with Gasteiger partial charge >= 0.3 is 0 Å². The van der Waals surface area contributed by atoms with Gasteiger partial charge in [0.25, 0.3) is 11.5 Å². The molecule has 26 heavy (non-hydrogen) atoms. The van der Waals surface area contributed by atoms with Crippen molar-refractivity contribution in [1.82, 2.24) is 14.5 Å². The summed E-state index contributed by atoms with van der Waals surface area (Å²) in [4.78, 5) is 32.9. The van der Waals surface area contributed by atoms with Crippen molar-refractivity contribution in [2.45, 2.75) is 32.4 Å². The van der Waals surface area contributed by atoms with E-state index in [1.807, 2.05) is 4.90 Å². The summed E-state index contributed by atoms with van der Waals surface area (Å²) >= 11 is 1.27. The van der Waals surface area contributed by atoms with Crippen molar-refractivity contribution in [2.24, 2.45) is 7.05 Å². The molecule has 1 aromatic carbocycles. The minimum atomic E-state index is -0.291. The van der Waals surface area contributed by atoms with E-state index in [4.69, 9.17) is 0 Å². The SMILES string of the molecule is Cc1c(C(=O)N(Cc2ccc(F)cc2)C2CC2)sc2ncn(C)c(=O)c12. The van der Waals surface area contributed by atoms with Gasteiger partial charge in [0.2, 0.25) is 0 Å². The van der Waals surface area contributed by atoms with Crippen molar-refractivity contribution in [3.63, 3.8) is 0 Å². The molecule has 0 atom stereocenters.